The van der Waals surface area contributed by atoms with E-state index in [2.05, 4.69) is 9.47 Å². The van der Waals surface area contributed by atoms with Crippen molar-refractivity contribution in [2.75, 3.05) is 33.9 Å². The van der Waals surface area contributed by atoms with Crippen LogP contribution in [0.4, 0.5) is 0 Å². The second-order valence-electron chi connectivity index (χ2n) is 2.66. The van der Waals surface area contributed by atoms with Gasteiger partial charge in [0.1, 0.15) is 6.61 Å². The zero-order chi connectivity index (χ0) is 10.3. The molecule has 0 rings (SSSR count). The summed E-state index contributed by atoms with van der Waals surface area (Å²) in [7, 11) is 3.69. The first-order valence-electron chi connectivity index (χ1n) is 4.06. The molecule has 0 N–H and O–H groups in total. The summed E-state index contributed by atoms with van der Waals surface area (Å²) in [6.07, 6.45) is 0. The Balaban J connectivity index is 3.56. The number of ether oxygens (including phenoxy) is 2. The lowest BCUT2D eigenvalue weighted by Gasteiger charge is -2.08. The molecule has 76 valence electrons. The number of nitrogens with zero attached hydrogens (tertiary/aromatic N) is 1. The summed E-state index contributed by atoms with van der Waals surface area (Å²) in [5.41, 5.74) is 0. The number of carbonyl (C=O) groups excluding carboxylic acids is 2. The lowest BCUT2D eigenvalue weighted by atomic mass is 10.6. The van der Waals surface area contributed by atoms with Crippen molar-refractivity contribution in [3.63, 3.8) is 0 Å². The molecule has 0 aliphatic carbocycles. The lowest BCUT2D eigenvalue weighted by Crippen LogP contribution is -2.25. The topological polar surface area (TPSA) is 55.8 Å². The number of carbonyl (C=O) groups is 2. The van der Waals surface area contributed by atoms with E-state index in [-0.39, 0.29) is 13.2 Å². The van der Waals surface area contributed by atoms with E-state index in [1.165, 1.54) is 0 Å². The van der Waals surface area contributed by atoms with E-state index in [0.717, 1.165) is 0 Å². The quantitative estimate of drug-likeness (QED) is 0.447. The minimum absolute atomic E-state index is 0.182. The fourth-order valence-electron chi connectivity index (χ4n) is 0.570. The van der Waals surface area contributed by atoms with Crippen molar-refractivity contribution in [1.29, 1.82) is 0 Å². The van der Waals surface area contributed by atoms with Gasteiger partial charge in [0.2, 0.25) is 0 Å². The molecule has 0 unspecified atom stereocenters. The molecule has 0 fully saturated rings. The highest BCUT2D eigenvalue weighted by atomic mass is 16.6. The predicted octanol–water partition coefficient (Wildman–Crippen LogP) is -0.346. The average Bonchev–Trinajstić information content (AvgIpc) is 2.04. The number of esters is 2. The van der Waals surface area contributed by atoms with Crippen molar-refractivity contribution < 1.29 is 19.1 Å². The second kappa shape index (κ2) is 6.42. The Kier molecular flexibility index (Phi) is 5.88. The Morgan fingerprint density at radius 1 is 1.15 bits per heavy atom. The van der Waals surface area contributed by atoms with Gasteiger partial charge in [-0.3, -0.25) is 0 Å². The Labute approximate surface area is 77.6 Å². The van der Waals surface area contributed by atoms with Crippen molar-refractivity contribution in [1.82, 2.24) is 4.90 Å². The molecular weight excluding hydrogens is 174 g/mol. The van der Waals surface area contributed by atoms with Crippen molar-refractivity contribution in [2.45, 2.75) is 6.92 Å². The van der Waals surface area contributed by atoms with Crippen LogP contribution in [0.3, 0.4) is 0 Å². The summed E-state index contributed by atoms with van der Waals surface area (Å²) >= 11 is 0. The molecule has 0 aromatic carbocycles. The third kappa shape index (κ3) is 6.10. The van der Waals surface area contributed by atoms with E-state index in [9.17, 15) is 9.59 Å². The molecule has 0 bridgehead atoms. The maximum absolute atomic E-state index is 10.8. The minimum atomic E-state index is -0.929. The maximum Gasteiger partial charge on any atom is 0.417 e. The molecule has 0 atom stereocenters. The molecule has 0 amide bonds. The van der Waals surface area contributed by atoms with Gasteiger partial charge in [-0.05, 0) is 21.0 Å². The van der Waals surface area contributed by atoms with Crippen LogP contribution >= 0.6 is 0 Å². The Bertz CT molecular complexity index is 179. The summed E-state index contributed by atoms with van der Waals surface area (Å²) in [5, 5.41) is 0. The smallest absolute Gasteiger partial charge is 0.417 e. The van der Waals surface area contributed by atoms with Crippen LogP contribution in [0, 0.1) is 0 Å². The molecule has 0 saturated carbocycles. The number of likely N-dealkylation sites (N-methyl/N-ethyl adjacent to an activating group) is 1. The fourth-order valence-corrected chi connectivity index (χ4v) is 0.570. The second-order valence-corrected chi connectivity index (χ2v) is 2.66. The van der Waals surface area contributed by atoms with Gasteiger partial charge in [-0.1, -0.05) is 0 Å². The predicted molar refractivity (Wildman–Crippen MR) is 46.1 cm³/mol. The van der Waals surface area contributed by atoms with Gasteiger partial charge in [-0.15, -0.1) is 0 Å². The average molecular weight is 189 g/mol. The first-order valence-corrected chi connectivity index (χ1v) is 4.06. The summed E-state index contributed by atoms with van der Waals surface area (Å²) in [6, 6.07) is 0. The Morgan fingerprint density at radius 3 is 2.15 bits per heavy atom. The molecule has 5 heteroatoms. The molecular formula is C8H15NO4. The van der Waals surface area contributed by atoms with Gasteiger partial charge in [-0.2, -0.15) is 0 Å². The van der Waals surface area contributed by atoms with Gasteiger partial charge in [0.25, 0.3) is 0 Å². The SMILES string of the molecule is CCOC(=O)C(=O)OCCN(C)C. The molecule has 0 aliphatic heterocycles. The summed E-state index contributed by atoms with van der Waals surface area (Å²) in [6.45, 7) is 2.60. The van der Waals surface area contributed by atoms with Gasteiger partial charge in [-0.25, -0.2) is 9.59 Å². The van der Waals surface area contributed by atoms with Gasteiger partial charge in [0.15, 0.2) is 0 Å². The molecule has 0 aliphatic rings. The molecule has 0 aromatic rings. The van der Waals surface area contributed by atoms with E-state index in [1.54, 1.807) is 6.92 Å². The standard InChI is InChI=1S/C8H15NO4/c1-4-12-7(10)8(11)13-6-5-9(2)3/h4-6H2,1-3H3. The van der Waals surface area contributed by atoms with Gasteiger partial charge in [0, 0.05) is 6.54 Å². The van der Waals surface area contributed by atoms with Gasteiger partial charge >= 0.3 is 11.9 Å². The van der Waals surface area contributed by atoms with E-state index < -0.39 is 11.9 Å². The number of hydrogen-bond donors (Lipinski definition) is 0. The highest BCUT2D eigenvalue weighted by molar-refractivity contribution is 6.29. The fraction of sp³-hybridized carbons (Fsp3) is 0.750. The summed E-state index contributed by atoms with van der Waals surface area (Å²) in [5.74, 6) is -1.86. The summed E-state index contributed by atoms with van der Waals surface area (Å²) < 4.78 is 9.05. The normalized spacial score (nSPS) is 9.85. The molecule has 0 aromatic heterocycles. The number of hydrogen-bond acceptors (Lipinski definition) is 5. The van der Waals surface area contributed by atoms with E-state index in [0.29, 0.717) is 6.54 Å². The van der Waals surface area contributed by atoms with Crippen LogP contribution in [0.15, 0.2) is 0 Å². The van der Waals surface area contributed by atoms with Gasteiger partial charge in [0.05, 0.1) is 6.61 Å². The van der Waals surface area contributed by atoms with Crippen LogP contribution in [0.2, 0.25) is 0 Å². The van der Waals surface area contributed by atoms with E-state index in [1.807, 2.05) is 19.0 Å². The van der Waals surface area contributed by atoms with Crippen LogP contribution in [0.25, 0.3) is 0 Å². The number of rotatable bonds is 4. The van der Waals surface area contributed by atoms with Crippen LogP contribution in [-0.4, -0.2) is 50.7 Å². The Hall–Kier alpha value is -1.10. The van der Waals surface area contributed by atoms with Gasteiger partial charge < -0.3 is 14.4 Å². The molecule has 13 heavy (non-hydrogen) atoms. The highest BCUT2D eigenvalue weighted by Crippen LogP contribution is 1.85. The molecule has 0 radical (unpaired) electrons. The van der Waals surface area contributed by atoms with E-state index in [4.69, 9.17) is 0 Å². The maximum atomic E-state index is 10.8. The van der Waals surface area contributed by atoms with Crippen molar-refractivity contribution in [2.24, 2.45) is 0 Å². The largest absolute Gasteiger partial charge is 0.458 e. The molecule has 0 saturated heterocycles. The molecule has 0 spiro atoms. The molecule has 0 heterocycles. The zero-order valence-electron chi connectivity index (χ0n) is 8.20. The first-order chi connectivity index (χ1) is 6.07. The van der Waals surface area contributed by atoms with Crippen molar-refractivity contribution in [3.05, 3.63) is 0 Å². The zero-order valence-corrected chi connectivity index (χ0v) is 8.20. The van der Waals surface area contributed by atoms with Crippen molar-refractivity contribution >= 4 is 11.9 Å². The first kappa shape index (κ1) is 11.9. The highest BCUT2D eigenvalue weighted by Gasteiger charge is 2.15. The van der Waals surface area contributed by atoms with Crippen LogP contribution in [0.5, 0.6) is 0 Å². The third-order valence-corrected chi connectivity index (χ3v) is 1.21. The van der Waals surface area contributed by atoms with E-state index >= 15 is 0 Å². The van der Waals surface area contributed by atoms with Crippen molar-refractivity contribution in [3.8, 4) is 0 Å². The lowest BCUT2D eigenvalue weighted by molar-refractivity contribution is -0.167. The van der Waals surface area contributed by atoms with Crippen LogP contribution in [0.1, 0.15) is 6.92 Å². The third-order valence-electron chi connectivity index (χ3n) is 1.21. The summed E-state index contributed by atoms with van der Waals surface area (Å²) in [4.78, 5) is 23.4. The monoisotopic (exact) mass is 189 g/mol. The Morgan fingerprint density at radius 2 is 1.69 bits per heavy atom. The van der Waals surface area contributed by atoms with Crippen LogP contribution in [-0.2, 0) is 19.1 Å². The van der Waals surface area contributed by atoms with Crippen LogP contribution < -0.4 is 0 Å². The molecule has 5 nitrogen and oxygen atoms in total. The minimum Gasteiger partial charge on any atom is -0.458 e.